The second-order valence-corrected chi connectivity index (χ2v) is 4.80. The van der Waals surface area contributed by atoms with Crippen LogP contribution in [-0.2, 0) is 11.2 Å². The molecule has 1 fully saturated rings. The fourth-order valence-electron chi connectivity index (χ4n) is 2.05. The second-order valence-electron chi connectivity index (χ2n) is 4.80. The van der Waals surface area contributed by atoms with Crippen molar-refractivity contribution in [2.45, 2.75) is 32.3 Å². The average molecular weight is 219 g/mol. The number of nitrogens with one attached hydrogen (secondary N) is 1. The number of morpholine rings is 1. The first kappa shape index (κ1) is 11.6. The van der Waals surface area contributed by atoms with Gasteiger partial charge in [0.05, 0.1) is 12.7 Å². The van der Waals surface area contributed by atoms with Crippen LogP contribution in [0.25, 0.3) is 0 Å². The van der Waals surface area contributed by atoms with Crippen LogP contribution in [0.3, 0.4) is 0 Å². The third kappa shape index (κ3) is 3.06. The van der Waals surface area contributed by atoms with Gasteiger partial charge in [0.25, 0.3) is 0 Å². The minimum absolute atomic E-state index is 0.346. The number of hydrogen-bond acceptors (Lipinski definition) is 2. The number of benzene rings is 1. The Morgan fingerprint density at radius 3 is 2.62 bits per heavy atom. The summed E-state index contributed by atoms with van der Waals surface area (Å²) < 4.78 is 5.70. The van der Waals surface area contributed by atoms with E-state index in [2.05, 4.69) is 43.4 Å². The maximum atomic E-state index is 5.70. The molecule has 0 aliphatic carbocycles. The first-order chi connectivity index (χ1) is 7.75. The van der Waals surface area contributed by atoms with Crippen LogP contribution in [0.4, 0.5) is 0 Å². The van der Waals surface area contributed by atoms with Crippen LogP contribution in [0.15, 0.2) is 24.3 Å². The lowest BCUT2D eigenvalue weighted by atomic mass is 9.99. The third-order valence-corrected chi connectivity index (χ3v) is 3.11. The van der Waals surface area contributed by atoms with Gasteiger partial charge in [-0.2, -0.15) is 0 Å². The Morgan fingerprint density at radius 1 is 1.31 bits per heavy atom. The van der Waals surface area contributed by atoms with Crippen molar-refractivity contribution in [3.8, 4) is 0 Å². The molecule has 1 saturated heterocycles. The van der Waals surface area contributed by atoms with Crippen LogP contribution in [0, 0.1) is 0 Å². The molecule has 0 amide bonds. The molecule has 0 bridgehead atoms. The van der Waals surface area contributed by atoms with Gasteiger partial charge in [-0.1, -0.05) is 38.1 Å². The Balaban J connectivity index is 1.93. The molecule has 2 rings (SSSR count). The molecule has 0 radical (unpaired) electrons. The smallest absolute Gasteiger partial charge is 0.0740 e. The molecule has 1 aliphatic rings. The van der Waals surface area contributed by atoms with Crippen molar-refractivity contribution in [1.82, 2.24) is 5.32 Å². The zero-order valence-electron chi connectivity index (χ0n) is 10.2. The summed E-state index contributed by atoms with van der Waals surface area (Å²) in [4.78, 5) is 0. The lowest BCUT2D eigenvalue weighted by Crippen LogP contribution is -2.39. The van der Waals surface area contributed by atoms with Crippen LogP contribution in [-0.4, -0.2) is 25.8 Å². The first-order valence-electron chi connectivity index (χ1n) is 6.17. The largest absolute Gasteiger partial charge is 0.375 e. The standard InChI is InChI=1S/C14H21NO/c1-11(2)13-5-3-12(4-6-13)9-14-10-15-7-8-16-14/h3-6,11,14-15H,7-10H2,1-2H3. The minimum atomic E-state index is 0.346. The van der Waals surface area contributed by atoms with Gasteiger partial charge in [-0.15, -0.1) is 0 Å². The van der Waals surface area contributed by atoms with E-state index in [0.29, 0.717) is 12.0 Å². The monoisotopic (exact) mass is 219 g/mol. The Hall–Kier alpha value is -0.860. The zero-order chi connectivity index (χ0) is 11.4. The van der Waals surface area contributed by atoms with E-state index in [-0.39, 0.29) is 0 Å². The van der Waals surface area contributed by atoms with Gasteiger partial charge in [-0.25, -0.2) is 0 Å². The molecule has 1 aromatic carbocycles. The van der Waals surface area contributed by atoms with E-state index in [0.717, 1.165) is 26.1 Å². The maximum Gasteiger partial charge on any atom is 0.0740 e. The molecule has 1 N–H and O–H groups in total. The molecule has 1 atom stereocenters. The summed E-state index contributed by atoms with van der Waals surface area (Å²) in [6.45, 7) is 7.26. The van der Waals surface area contributed by atoms with E-state index in [1.54, 1.807) is 0 Å². The van der Waals surface area contributed by atoms with Crippen LogP contribution in [0.2, 0.25) is 0 Å². The SMILES string of the molecule is CC(C)c1ccc(CC2CNCCO2)cc1. The van der Waals surface area contributed by atoms with Crippen LogP contribution in [0.1, 0.15) is 30.9 Å². The number of rotatable bonds is 3. The highest BCUT2D eigenvalue weighted by Crippen LogP contribution is 2.16. The number of hydrogen-bond donors (Lipinski definition) is 1. The molecule has 2 heteroatoms. The van der Waals surface area contributed by atoms with E-state index in [1.807, 2.05) is 0 Å². The summed E-state index contributed by atoms with van der Waals surface area (Å²) in [5, 5.41) is 3.36. The zero-order valence-corrected chi connectivity index (χ0v) is 10.2. The highest BCUT2D eigenvalue weighted by molar-refractivity contribution is 5.25. The van der Waals surface area contributed by atoms with Crippen LogP contribution >= 0.6 is 0 Å². The van der Waals surface area contributed by atoms with Gasteiger partial charge in [-0.3, -0.25) is 0 Å². The van der Waals surface area contributed by atoms with Crippen LogP contribution in [0.5, 0.6) is 0 Å². The minimum Gasteiger partial charge on any atom is -0.375 e. The van der Waals surface area contributed by atoms with Crippen molar-refractivity contribution < 1.29 is 4.74 Å². The van der Waals surface area contributed by atoms with Gasteiger partial charge in [0, 0.05) is 13.1 Å². The second kappa shape index (κ2) is 5.46. The Morgan fingerprint density at radius 2 is 2.06 bits per heavy atom. The van der Waals surface area contributed by atoms with Gasteiger partial charge < -0.3 is 10.1 Å². The molecular formula is C14H21NO. The Kier molecular flexibility index (Phi) is 3.97. The summed E-state index contributed by atoms with van der Waals surface area (Å²) in [6, 6.07) is 8.92. The topological polar surface area (TPSA) is 21.3 Å². The molecule has 1 aromatic rings. The lowest BCUT2D eigenvalue weighted by Gasteiger charge is -2.23. The molecule has 16 heavy (non-hydrogen) atoms. The maximum absolute atomic E-state index is 5.70. The van der Waals surface area contributed by atoms with Gasteiger partial charge in [-0.05, 0) is 23.5 Å². The first-order valence-corrected chi connectivity index (χ1v) is 6.17. The summed E-state index contributed by atoms with van der Waals surface area (Å²) in [5.41, 5.74) is 2.78. The molecular weight excluding hydrogens is 198 g/mol. The molecule has 1 unspecified atom stereocenters. The summed E-state index contributed by atoms with van der Waals surface area (Å²) in [6.07, 6.45) is 1.37. The fourth-order valence-corrected chi connectivity index (χ4v) is 2.05. The molecule has 2 nitrogen and oxygen atoms in total. The van der Waals surface area contributed by atoms with E-state index < -0.39 is 0 Å². The number of ether oxygens (including phenoxy) is 1. The highest BCUT2D eigenvalue weighted by atomic mass is 16.5. The van der Waals surface area contributed by atoms with Crippen molar-refractivity contribution in [3.05, 3.63) is 35.4 Å². The normalized spacial score (nSPS) is 21.3. The van der Waals surface area contributed by atoms with Crippen LogP contribution < -0.4 is 5.32 Å². The van der Waals surface area contributed by atoms with Gasteiger partial charge in [0.15, 0.2) is 0 Å². The van der Waals surface area contributed by atoms with E-state index in [1.165, 1.54) is 11.1 Å². The summed E-state index contributed by atoms with van der Waals surface area (Å²) in [7, 11) is 0. The van der Waals surface area contributed by atoms with Gasteiger partial charge >= 0.3 is 0 Å². The van der Waals surface area contributed by atoms with Gasteiger partial charge in [0.1, 0.15) is 0 Å². The lowest BCUT2D eigenvalue weighted by molar-refractivity contribution is 0.0292. The van der Waals surface area contributed by atoms with Crippen molar-refractivity contribution in [2.75, 3.05) is 19.7 Å². The Labute approximate surface area is 98.0 Å². The van der Waals surface area contributed by atoms with Crippen molar-refractivity contribution >= 4 is 0 Å². The molecule has 1 heterocycles. The average Bonchev–Trinajstić information content (AvgIpc) is 2.31. The quantitative estimate of drug-likeness (QED) is 0.842. The van der Waals surface area contributed by atoms with Gasteiger partial charge in [0.2, 0.25) is 0 Å². The molecule has 0 aromatic heterocycles. The molecule has 0 spiro atoms. The van der Waals surface area contributed by atoms with E-state index in [4.69, 9.17) is 4.74 Å². The predicted molar refractivity (Wildman–Crippen MR) is 66.8 cm³/mol. The molecule has 88 valence electrons. The Bertz CT molecular complexity index is 312. The van der Waals surface area contributed by atoms with Crippen molar-refractivity contribution in [3.63, 3.8) is 0 Å². The van der Waals surface area contributed by atoms with Crippen molar-refractivity contribution in [2.24, 2.45) is 0 Å². The summed E-state index contributed by atoms with van der Waals surface area (Å²) >= 11 is 0. The fraction of sp³-hybridized carbons (Fsp3) is 0.571. The third-order valence-electron chi connectivity index (χ3n) is 3.11. The predicted octanol–water partition coefficient (Wildman–Crippen LogP) is 2.34. The van der Waals surface area contributed by atoms with E-state index in [9.17, 15) is 0 Å². The molecule has 0 saturated carbocycles. The highest BCUT2D eigenvalue weighted by Gasteiger charge is 2.13. The summed E-state index contributed by atoms with van der Waals surface area (Å²) in [5.74, 6) is 0.613. The molecule has 1 aliphatic heterocycles. The van der Waals surface area contributed by atoms with E-state index >= 15 is 0 Å². The van der Waals surface area contributed by atoms with Crippen molar-refractivity contribution in [1.29, 1.82) is 0 Å².